The number of pyridine rings is 2. The van der Waals surface area contributed by atoms with Crippen LogP contribution < -0.4 is 15.8 Å². The predicted octanol–water partition coefficient (Wildman–Crippen LogP) is 3.34. The minimum absolute atomic E-state index is 0.0000528. The number of carbonyl (C=O) groups excluding carboxylic acids is 3. The topological polar surface area (TPSA) is 149 Å². The molecule has 1 amide bonds. The van der Waals surface area contributed by atoms with E-state index in [-0.39, 0.29) is 22.9 Å². The molecular formula is C28H33N7O6. The third kappa shape index (κ3) is 5.98. The predicted molar refractivity (Wildman–Crippen MR) is 150 cm³/mol. The molecule has 4 heterocycles. The molecule has 0 spiro atoms. The van der Waals surface area contributed by atoms with Gasteiger partial charge in [0, 0.05) is 50.7 Å². The van der Waals surface area contributed by atoms with E-state index < -0.39 is 18.9 Å². The number of piperazine rings is 1. The van der Waals surface area contributed by atoms with E-state index in [1.165, 1.54) is 13.8 Å². The highest BCUT2D eigenvalue weighted by Gasteiger charge is 2.26. The molecule has 2 fully saturated rings. The number of fused-ring (bicyclic) bond motifs is 1. The van der Waals surface area contributed by atoms with Crippen LogP contribution in [0.3, 0.4) is 0 Å². The van der Waals surface area contributed by atoms with Gasteiger partial charge in [-0.25, -0.2) is 14.8 Å². The second-order valence-electron chi connectivity index (χ2n) is 10.3. The van der Waals surface area contributed by atoms with Crippen molar-refractivity contribution in [3.8, 4) is 0 Å². The first-order valence-corrected chi connectivity index (χ1v) is 13.7. The van der Waals surface area contributed by atoms with Gasteiger partial charge in [0.2, 0.25) is 12.7 Å². The first-order chi connectivity index (χ1) is 19.7. The second-order valence-corrected chi connectivity index (χ2v) is 10.3. The number of amides is 1. The molecule has 1 N–H and O–H groups in total. The first-order valence-electron chi connectivity index (χ1n) is 13.7. The Balaban J connectivity index is 1.29. The average molecular weight is 564 g/mol. The van der Waals surface area contributed by atoms with Gasteiger partial charge < -0.3 is 24.6 Å². The number of hydrogen-bond acceptors (Lipinski definition) is 11. The highest BCUT2D eigenvalue weighted by molar-refractivity contribution is 5.99. The summed E-state index contributed by atoms with van der Waals surface area (Å²) in [6, 6.07) is 3.74. The molecule has 13 nitrogen and oxygen atoms in total. The number of nitrogens with zero attached hydrogens (tertiary/aromatic N) is 6. The summed E-state index contributed by atoms with van der Waals surface area (Å²) >= 11 is 0. The number of ketones is 1. The number of aryl methyl sites for hydroxylation is 1. The minimum Gasteiger partial charge on any atom is -0.428 e. The Hall–Kier alpha value is -4.55. The Labute approximate surface area is 236 Å². The number of nitrogens with one attached hydrogen (secondary N) is 1. The fraction of sp³-hybridized carbons (Fsp3) is 0.464. The van der Waals surface area contributed by atoms with Crippen LogP contribution in [0.25, 0.3) is 11.0 Å². The largest absolute Gasteiger partial charge is 0.428 e. The molecule has 0 bridgehead atoms. The number of rotatable bonds is 7. The molecule has 41 heavy (non-hydrogen) atoms. The number of carbonyl (C=O) groups is 3. The van der Waals surface area contributed by atoms with Crippen LogP contribution in [0.1, 0.15) is 61.5 Å². The van der Waals surface area contributed by atoms with Crippen LogP contribution in [0.5, 0.6) is 0 Å². The summed E-state index contributed by atoms with van der Waals surface area (Å²) in [5.74, 6) is 0.0727. The Morgan fingerprint density at radius 1 is 1.00 bits per heavy atom. The van der Waals surface area contributed by atoms with E-state index >= 15 is 0 Å². The zero-order valence-electron chi connectivity index (χ0n) is 23.4. The third-order valence-corrected chi connectivity index (χ3v) is 7.59. The standard InChI is InChI=1S/C28H33N7O6/c1-17-22-15-30-27(32-25(22)35(20-6-4-5-7-20)26(38)24(17)18(2)36)31-23-9-8-21(14-29-23)33-10-12-34(13-11-33)28(39)41-16-40-19(3)37/h8-9,14-15,20H,4-7,10-13,16H2,1-3H3,(H,29,30,31,32). The summed E-state index contributed by atoms with van der Waals surface area (Å²) in [7, 11) is 0. The summed E-state index contributed by atoms with van der Waals surface area (Å²) in [4.78, 5) is 66.0. The maximum Gasteiger partial charge on any atom is 0.412 e. The van der Waals surface area contributed by atoms with Crippen LogP contribution in [-0.4, -0.2) is 75.2 Å². The Kier molecular flexibility index (Phi) is 8.13. The number of aromatic nitrogens is 4. The van der Waals surface area contributed by atoms with Gasteiger partial charge in [-0.05, 0) is 44.4 Å². The SMILES string of the molecule is CC(=O)OCOC(=O)N1CCN(c2ccc(Nc3ncc4c(C)c(C(C)=O)c(=O)n(C5CCCC5)c4n3)nc2)CC1. The van der Waals surface area contributed by atoms with Crippen molar-refractivity contribution in [1.29, 1.82) is 0 Å². The van der Waals surface area contributed by atoms with E-state index in [9.17, 15) is 19.2 Å². The lowest BCUT2D eigenvalue weighted by molar-refractivity contribution is -0.149. The van der Waals surface area contributed by atoms with E-state index in [1.54, 1.807) is 28.8 Å². The lowest BCUT2D eigenvalue weighted by atomic mass is 10.0. The van der Waals surface area contributed by atoms with Gasteiger partial charge in [-0.2, -0.15) is 4.98 Å². The Morgan fingerprint density at radius 2 is 1.73 bits per heavy atom. The van der Waals surface area contributed by atoms with Gasteiger partial charge in [-0.3, -0.25) is 19.0 Å². The summed E-state index contributed by atoms with van der Waals surface area (Å²) in [5.41, 5.74) is 1.91. The van der Waals surface area contributed by atoms with Gasteiger partial charge in [0.25, 0.3) is 5.56 Å². The smallest absolute Gasteiger partial charge is 0.412 e. The lowest BCUT2D eigenvalue weighted by Crippen LogP contribution is -2.49. The second kappa shape index (κ2) is 11.9. The molecule has 1 aliphatic heterocycles. The number of anilines is 3. The molecule has 1 saturated heterocycles. The molecule has 1 aliphatic carbocycles. The van der Waals surface area contributed by atoms with E-state index in [1.807, 2.05) is 12.1 Å². The molecule has 0 unspecified atom stereocenters. The van der Waals surface area contributed by atoms with Crippen LogP contribution in [0, 0.1) is 6.92 Å². The van der Waals surface area contributed by atoms with Gasteiger partial charge >= 0.3 is 12.1 Å². The van der Waals surface area contributed by atoms with E-state index in [0.717, 1.165) is 31.4 Å². The van der Waals surface area contributed by atoms with E-state index in [0.29, 0.717) is 54.5 Å². The van der Waals surface area contributed by atoms with Gasteiger partial charge in [0.1, 0.15) is 11.5 Å². The van der Waals surface area contributed by atoms with Crippen molar-refractivity contribution in [2.24, 2.45) is 0 Å². The van der Waals surface area contributed by atoms with Crippen molar-refractivity contribution in [1.82, 2.24) is 24.4 Å². The highest BCUT2D eigenvalue weighted by Crippen LogP contribution is 2.32. The molecule has 1 saturated carbocycles. The number of ether oxygens (including phenoxy) is 2. The Bertz CT molecular complexity index is 1520. The zero-order valence-corrected chi connectivity index (χ0v) is 23.4. The number of hydrogen-bond donors (Lipinski definition) is 1. The van der Waals surface area contributed by atoms with Crippen molar-refractivity contribution in [3.63, 3.8) is 0 Å². The maximum absolute atomic E-state index is 13.4. The monoisotopic (exact) mass is 563 g/mol. The van der Waals surface area contributed by atoms with Crippen molar-refractivity contribution in [2.75, 3.05) is 43.2 Å². The molecule has 13 heteroatoms. The fourth-order valence-electron chi connectivity index (χ4n) is 5.47. The third-order valence-electron chi connectivity index (χ3n) is 7.59. The van der Waals surface area contributed by atoms with Crippen LogP contribution in [-0.2, 0) is 14.3 Å². The number of esters is 1. The molecule has 0 aromatic carbocycles. The lowest BCUT2D eigenvalue weighted by Gasteiger charge is -2.35. The van der Waals surface area contributed by atoms with Crippen LogP contribution in [0.4, 0.5) is 22.2 Å². The Morgan fingerprint density at radius 3 is 2.37 bits per heavy atom. The molecular weight excluding hydrogens is 530 g/mol. The zero-order chi connectivity index (χ0) is 29.1. The van der Waals surface area contributed by atoms with Crippen molar-refractivity contribution >= 4 is 46.3 Å². The molecule has 3 aromatic rings. The quantitative estimate of drug-likeness (QED) is 0.256. The van der Waals surface area contributed by atoms with Crippen LogP contribution >= 0.6 is 0 Å². The van der Waals surface area contributed by atoms with Gasteiger partial charge in [0.05, 0.1) is 17.4 Å². The van der Waals surface area contributed by atoms with Gasteiger partial charge in [0.15, 0.2) is 5.78 Å². The van der Waals surface area contributed by atoms with Crippen LogP contribution in [0.15, 0.2) is 29.3 Å². The maximum atomic E-state index is 13.4. The molecule has 0 radical (unpaired) electrons. The summed E-state index contributed by atoms with van der Waals surface area (Å²) < 4.78 is 11.3. The normalized spacial score (nSPS) is 15.7. The van der Waals surface area contributed by atoms with Crippen molar-refractivity contribution in [3.05, 3.63) is 46.0 Å². The average Bonchev–Trinajstić information content (AvgIpc) is 3.48. The molecule has 2 aliphatic rings. The van der Waals surface area contributed by atoms with E-state index in [2.05, 4.69) is 24.9 Å². The highest BCUT2D eigenvalue weighted by atomic mass is 16.7. The molecule has 5 rings (SSSR count). The van der Waals surface area contributed by atoms with Crippen molar-refractivity contribution < 1.29 is 23.9 Å². The fourth-order valence-corrected chi connectivity index (χ4v) is 5.47. The van der Waals surface area contributed by atoms with Gasteiger partial charge in [-0.15, -0.1) is 0 Å². The van der Waals surface area contributed by atoms with E-state index in [4.69, 9.17) is 9.72 Å². The molecule has 3 aromatic heterocycles. The first kappa shape index (κ1) is 28.0. The minimum atomic E-state index is -0.523. The number of Topliss-reactive ketones (excluding diaryl/α,β-unsaturated/α-hetero) is 1. The summed E-state index contributed by atoms with van der Waals surface area (Å²) in [6.45, 7) is 6.12. The summed E-state index contributed by atoms with van der Waals surface area (Å²) in [6.07, 6.45) is 6.67. The van der Waals surface area contributed by atoms with Crippen molar-refractivity contribution in [2.45, 2.75) is 52.5 Å². The van der Waals surface area contributed by atoms with Gasteiger partial charge in [-0.1, -0.05) is 12.8 Å². The molecule has 0 atom stereocenters. The molecule has 216 valence electrons. The van der Waals surface area contributed by atoms with Crippen LogP contribution in [0.2, 0.25) is 0 Å². The summed E-state index contributed by atoms with van der Waals surface area (Å²) in [5, 5.41) is 3.82.